The molecule has 2 N–H and O–H groups in total. The third-order valence-electron chi connectivity index (χ3n) is 5.32. The summed E-state index contributed by atoms with van der Waals surface area (Å²) in [5.41, 5.74) is 2.84. The number of nitrogens with one attached hydrogen (secondary N) is 2. The van der Waals surface area contributed by atoms with Gasteiger partial charge in [-0.15, -0.1) is 10.2 Å². The van der Waals surface area contributed by atoms with E-state index in [0.29, 0.717) is 28.2 Å². The molecule has 0 aliphatic heterocycles. The molecule has 0 saturated carbocycles. The minimum Gasteiger partial charge on any atom is -0.494 e. The Hall–Kier alpha value is -3.53. The number of nitrogens with zero attached hydrogens (tertiary/aromatic N) is 3. The fourth-order valence-corrected chi connectivity index (χ4v) is 4.87. The number of carbonyl (C=O) groups is 2. The smallest absolute Gasteiger partial charge is 0.253 e. The number of aryl methyl sites for hydroxylation is 1. The van der Waals surface area contributed by atoms with Crippen LogP contribution in [0, 0.1) is 6.92 Å². The summed E-state index contributed by atoms with van der Waals surface area (Å²) in [4.78, 5) is 25.4. The van der Waals surface area contributed by atoms with Gasteiger partial charge in [-0.2, -0.15) is 0 Å². The van der Waals surface area contributed by atoms with E-state index in [4.69, 9.17) is 27.9 Å². The number of rotatable bonds is 10. The molecule has 196 valence electrons. The number of thioether (sulfide) groups is 1. The summed E-state index contributed by atoms with van der Waals surface area (Å²) in [6.07, 6.45) is 0. The Kier molecular flexibility index (Phi) is 9.28. The molecule has 8 nitrogen and oxygen atoms in total. The number of ether oxygens (including phenoxy) is 1. The van der Waals surface area contributed by atoms with Crippen LogP contribution in [-0.4, -0.2) is 38.9 Å². The van der Waals surface area contributed by atoms with Crippen molar-refractivity contribution in [1.29, 1.82) is 0 Å². The second-order valence-electron chi connectivity index (χ2n) is 8.17. The van der Waals surface area contributed by atoms with Crippen LogP contribution < -0.4 is 15.4 Å². The lowest BCUT2D eigenvalue weighted by atomic mass is 10.2. The Balaban J connectivity index is 1.53. The minimum absolute atomic E-state index is 0.0774. The summed E-state index contributed by atoms with van der Waals surface area (Å²) in [7, 11) is 0. The lowest BCUT2D eigenvalue weighted by Crippen LogP contribution is -2.25. The summed E-state index contributed by atoms with van der Waals surface area (Å²) in [5, 5.41) is 15.5. The highest BCUT2D eigenvalue weighted by Crippen LogP contribution is 2.25. The highest BCUT2D eigenvalue weighted by Gasteiger charge is 2.18. The molecular weight excluding hydrogens is 545 g/mol. The molecule has 38 heavy (non-hydrogen) atoms. The van der Waals surface area contributed by atoms with E-state index in [9.17, 15) is 9.59 Å². The van der Waals surface area contributed by atoms with Crippen molar-refractivity contribution in [1.82, 2.24) is 20.1 Å². The lowest BCUT2D eigenvalue weighted by molar-refractivity contribution is -0.113. The molecule has 1 aromatic heterocycles. The Bertz CT molecular complexity index is 1440. The second kappa shape index (κ2) is 12.8. The summed E-state index contributed by atoms with van der Waals surface area (Å²) in [5.74, 6) is 0.779. The number of carbonyl (C=O) groups excluding carboxylic acids is 2. The zero-order valence-corrected chi connectivity index (χ0v) is 23.0. The minimum atomic E-state index is -0.375. The van der Waals surface area contributed by atoms with Gasteiger partial charge in [-0.3, -0.25) is 14.2 Å². The van der Waals surface area contributed by atoms with Crippen LogP contribution >= 0.6 is 35.0 Å². The van der Waals surface area contributed by atoms with E-state index in [1.807, 2.05) is 62.4 Å². The highest BCUT2D eigenvalue weighted by molar-refractivity contribution is 7.99. The van der Waals surface area contributed by atoms with Crippen LogP contribution in [-0.2, 0) is 11.3 Å². The quantitative estimate of drug-likeness (QED) is 0.229. The maximum Gasteiger partial charge on any atom is 0.253 e. The summed E-state index contributed by atoms with van der Waals surface area (Å²) in [6, 6.07) is 19.7. The average Bonchev–Trinajstić information content (AvgIpc) is 3.29. The van der Waals surface area contributed by atoms with Crippen molar-refractivity contribution < 1.29 is 14.3 Å². The molecule has 0 bridgehead atoms. The Morgan fingerprint density at radius 3 is 2.53 bits per heavy atom. The zero-order chi connectivity index (χ0) is 27.1. The van der Waals surface area contributed by atoms with Crippen molar-refractivity contribution in [2.75, 3.05) is 17.7 Å². The number of anilines is 1. The molecule has 0 saturated heterocycles. The van der Waals surface area contributed by atoms with E-state index in [2.05, 4.69) is 20.8 Å². The van der Waals surface area contributed by atoms with Crippen molar-refractivity contribution in [3.63, 3.8) is 0 Å². The highest BCUT2D eigenvalue weighted by atomic mass is 35.5. The predicted molar refractivity (Wildman–Crippen MR) is 151 cm³/mol. The molecule has 0 aliphatic carbocycles. The van der Waals surface area contributed by atoms with Gasteiger partial charge in [-0.25, -0.2) is 0 Å². The number of hydrogen-bond donors (Lipinski definition) is 2. The van der Waals surface area contributed by atoms with Gasteiger partial charge >= 0.3 is 0 Å². The van der Waals surface area contributed by atoms with Gasteiger partial charge in [0.05, 0.1) is 29.5 Å². The predicted octanol–water partition coefficient (Wildman–Crippen LogP) is 5.94. The molecule has 4 rings (SSSR count). The molecule has 0 aliphatic rings. The maximum atomic E-state index is 12.8. The average molecular weight is 571 g/mol. The molecule has 1 heterocycles. The van der Waals surface area contributed by atoms with E-state index >= 15 is 0 Å². The normalized spacial score (nSPS) is 10.7. The van der Waals surface area contributed by atoms with Crippen molar-refractivity contribution in [2.45, 2.75) is 25.5 Å². The number of halogens is 2. The van der Waals surface area contributed by atoms with Crippen LogP contribution in [0.2, 0.25) is 10.0 Å². The fourth-order valence-electron chi connectivity index (χ4n) is 3.60. The third-order valence-corrected chi connectivity index (χ3v) is 6.80. The van der Waals surface area contributed by atoms with Gasteiger partial charge in [0, 0.05) is 16.4 Å². The third kappa shape index (κ3) is 7.06. The molecule has 0 fully saturated rings. The first-order valence-electron chi connectivity index (χ1n) is 11.7. The molecule has 3 aromatic carbocycles. The molecule has 0 radical (unpaired) electrons. The van der Waals surface area contributed by atoms with Gasteiger partial charge in [0.2, 0.25) is 5.91 Å². The van der Waals surface area contributed by atoms with Crippen LogP contribution in [0.25, 0.3) is 5.69 Å². The van der Waals surface area contributed by atoms with Gasteiger partial charge in [0.1, 0.15) is 5.75 Å². The van der Waals surface area contributed by atoms with Gasteiger partial charge in [-0.05, 0) is 74.0 Å². The van der Waals surface area contributed by atoms with Crippen molar-refractivity contribution >= 4 is 52.5 Å². The number of hydrogen-bond acceptors (Lipinski definition) is 6. The zero-order valence-electron chi connectivity index (χ0n) is 20.7. The first kappa shape index (κ1) is 27.5. The summed E-state index contributed by atoms with van der Waals surface area (Å²) < 4.78 is 7.35. The van der Waals surface area contributed by atoms with Crippen LogP contribution in [0.3, 0.4) is 0 Å². The fraction of sp³-hybridized carbons (Fsp3) is 0.185. The Morgan fingerprint density at radius 1 is 1.03 bits per heavy atom. The van der Waals surface area contributed by atoms with Crippen molar-refractivity contribution in [2.24, 2.45) is 0 Å². The molecular formula is C27H25Cl2N5O3S. The van der Waals surface area contributed by atoms with E-state index in [-0.39, 0.29) is 29.1 Å². The lowest BCUT2D eigenvalue weighted by Gasteiger charge is -2.12. The van der Waals surface area contributed by atoms with E-state index in [1.165, 1.54) is 17.8 Å². The Morgan fingerprint density at radius 2 is 1.82 bits per heavy atom. The van der Waals surface area contributed by atoms with Gasteiger partial charge < -0.3 is 15.4 Å². The monoisotopic (exact) mass is 569 g/mol. The number of aromatic nitrogens is 3. The standard InChI is InChI=1S/C27H25Cl2N5O3S/c1-3-37-21-10-8-20(9-11-21)34-24(15-30-26(36)22-12-7-18(28)14-23(22)29)32-33-27(34)38-16-25(35)31-19-6-4-5-17(2)13-19/h4-14H,3,15-16H2,1-2H3,(H,30,36)(H,31,35). The molecule has 0 unspecified atom stereocenters. The van der Waals surface area contributed by atoms with E-state index in [1.54, 1.807) is 16.7 Å². The molecule has 2 amide bonds. The topological polar surface area (TPSA) is 98.1 Å². The SMILES string of the molecule is CCOc1ccc(-n2c(CNC(=O)c3ccc(Cl)cc3Cl)nnc2SCC(=O)Nc2cccc(C)c2)cc1. The number of amides is 2. The maximum absolute atomic E-state index is 12.8. The first-order valence-corrected chi connectivity index (χ1v) is 13.5. The van der Waals surface area contributed by atoms with Gasteiger partial charge in [0.25, 0.3) is 5.91 Å². The molecule has 4 aromatic rings. The van der Waals surface area contributed by atoms with E-state index in [0.717, 1.165) is 22.7 Å². The van der Waals surface area contributed by atoms with Crippen LogP contribution in [0.15, 0.2) is 71.9 Å². The molecule has 0 spiro atoms. The second-order valence-corrected chi connectivity index (χ2v) is 9.96. The summed E-state index contributed by atoms with van der Waals surface area (Å²) >= 11 is 13.4. The molecule has 0 atom stereocenters. The largest absolute Gasteiger partial charge is 0.494 e. The van der Waals surface area contributed by atoms with Crippen LogP contribution in [0.5, 0.6) is 5.75 Å². The molecule has 11 heteroatoms. The number of benzene rings is 3. The van der Waals surface area contributed by atoms with Crippen molar-refractivity contribution in [3.05, 3.63) is 93.7 Å². The first-order chi connectivity index (χ1) is 18.3. The van der Waals surface area contributed by atoms with Gasteiger partial charge in [-0.1, -0.05) is 47.1 Å². The van der Waals surface area contributed by atoms with Gasteiger partial charge in [0.15, 0.2) is 11.0 Å². The Labute approximate surface area is 234 Å². The van der Waals surface area contributed by atoms with Crippen molar-refractivity contribution in [3.8, 4) is 11.4 Å². The summed E-state index contributed by atoms with van der Waals surface area (Å²) in [6.45, 7) is 4.50. The van der Waals surface area contributed by atoms with Crippen LogP contribution in [0.4, 0.5) is 5.69 Å². The van der Waals surface area contributed by atoms with Crippen LogP contribution in [0.1, 0.15) is 28.7 Å². The van der Waals surface area contributed by atoms with E-state index < -0.39 is 0 Å².